The molecule has 3 nitrogen and oxygen atoms in total. The lowest BCUT2D eigenvalue weighted by Crippen LogP contribution is -2.45. The van der Waals surface area contributed by atoms with Crippen molar-refractivity contribution in [2.75, 3.05) is 18.1 Å². The van der Waals surface area contributed by atoms with Crippen LogP contribution in [-0.4, -0.2) is 40.1 Å². The molecular formula is C15H19NO2S. The van der Waals surface area contributed by atoms with Crippen molar-refractivity contribution in [2.24, 2.45) is 0 Å². The zero-order chi connectivity index (χ0) is 13.2. The highest BCUT2D eigenvalue weighted by Gasteiger charge is 2.34. The van der Waals surface area contributed by atoms with Gasteiger partial charge in [0.2, 0.25) is 0 Å². The van der Waals surface area contributed by atoms with Crippen LogP contribution in [0.15, 0.2) is 24.3 Å². The van der Waals surface area contributed by atoms with Crippen molar-refractivity contribution >= 4 is 17.7 Å². The van der Waals surface area contributed by atoms with E-state index in [0.29, 0.717) is 6.04 Å². The van der Waals surface area contributed by atoms with E-state index in [1.807, 2.05) is 11.8 Å². The Balaban J connectivity index is 1.82. The molecule has 2 unspecified atom stereocenters. The molecule has 2 aliphatic rings. The van der Waals surface area contributed by atoms with Crippen molar-refractivity contribution in [3.8, 4) is 0 Å². The maximum absolute atomic E-state index is 11.0. The topological polar surface area (TPSA) is 40.5 Å². The van der Waals surface area contributed by atoms with E-state index in [4.69, 9.17) is 5.11 Å². The van der Waals surface area contributed by atoms with Crippen LogP contribution in [0.1, 0.15) is 30.0 Å². The van der Waals surface area contributed by atoms with E-state index >= 15 is 0 Å². The fourth-order valence-electron chi connectivity index (χ4n) is 3.33. The minimum absolute atomic E-state index is 0.187. The highest BCUT2D eigenvalue weighted by atomic mass is 32.2. The number of nitrogens with zero attached hydrogens (tertiary/aromatic N) is 1. The van der Waals surface area contributed by atoms with Crippen molar-refractivity contribution in [3.05, 3.63) is 35.4 Å². The van der Waals surface area contributed by atoms with Crippen LogP contribution in [0.5, 0.6) is 0 Å². The summed E-state index contributed by atoms with van der Waals surface area (Å²) in [7, 11) is 0. The summed E-state index contributed by atoms with van der Waals surface area (Å²) < 4.78 is 0. The highest BCUT2D eigenvalue weighted by molar-refractivity contribution is 7.99. The van der Waals surface area contributed by atoms with E-state index in [9.17, 15) is 4.79 Å². The average Bonchev–Trinajstić information content (AvgIpc) is 2.82. The summed E-state index contributed by atoms with van der Waals surface area (Å²) in [5, 5.41) is 9.09. The van der Waals surface area contributed by atoms with Gasteiger partial charge in [-0.1, -0.05) is 24.3 Å². The Labute approximate surface area is 118 Å². The minimum Gasteiger partial charge on any atom is -0.481 e. The number of carboxylic acid groups (broad SMARTS) is 1. The fraction of sp³-hybridized carbons (Fsp3) is 0.533. The second-order valence-electron chi connectivity index (χ2n) is 5.32. The first kappa shape index (κ1) is 13.0. The summed E-state index contributed by atoms with van der Waals surface area (Å²) in [5.74, 6) is 1.39. The molecule has 0 saturated carbocycles. The van der Waals surface area contributed by atoms with Crippen LogP contribution in [0, 0.1) is 0 Å². The summed E-state index contributed by atoms with van der Waals surface area (Å²) in [6.45, 7) is 1.02. The molecule has 2 atom stereocenters. The average molecular weight is 277 g/mol. The van der Waals surface area contributed by atoms with Gasteiger partial charge in [0.1, 0.15) is 0 Å². The third kappa shape index (κ3) is 2.65. The van der Waals surface area contributed by atoms with E-state index in [-0.39, 0.29) is 12.5 Å². The lowest BCUT2D eigenvalue weighted by molar-refractivity contribution is -0.138. The maximum atomic E-state index is 11.0. The summed E-state index contributed by atoms with van der Waals surface area (Å²) in [4.78, 5) is 13.5. The lowest BCUT2D eigenvalue weighted by Gasteiger charge is -2.39. The molecule has 3 rings (SSSR count). The van der Waals surface area contributed by atoms with E-state index in [1.54, 1.807) is 0 Å². The van der Waals surface area contributed by atoms with Crippen molar-refractivity contribution in [2.45, 2.75) is 31.3 Å². The predicted molar refractivity (Wildman–Crippen MR) is 77.6 cm³/mol. The van der Waals surface area contributed by atoms with Crippen LogP contribution in [0.4, 0.5) is 0 Å². The van der Waals surface area contributed by atoms with Gasteiger partial charge in [-0.15, -0.1) is 0 Å². The van der Waals surface area contributed by atoms with Gasteiger partial charge in [0.25, 0.3) is 0 Å². The molecule has 0 radical (unpaired) electrons. The van der Waals surface area contributed by atoms with Crippen LogP contribution in [0.3, 0.4) is 0 Å². The monoisotopic (exact) mass is 277 g/mol. The van der Waals surface area contributed by atoms with Crippen LogP contribution in [0.25, 0.3) is 0 Å². The number of carboxylic acids is 1. The van der Waals surface area contributed by atoms with E-state index in [1.165, 1.54) is 11.1 Å². The Bertz CT molecular complexity index is 477. The lowest BCUT2D eigenvalue weighted by atomic mass is 10.0. The number of thioether (sulfide) groups is 1. The number of benzene rings is 1. The summed E-state index contributed by atoms with van der Waals surface area (Å²) in [6, 6.07) is 9.24. The number of rotatable bonds is 3. The molecule has 1 aromatic rings. The molecule has 0 aromatic heterocycles. The number of hydrogen-bond acceptors (Lipinski definition) is 3. The maximum Gasteiger partial charge on any atom is 0.304 e. The fourth-order valence-corrected chi connectivity index (χ4v) is 4.42. The molecule has 19 heavy (non-hydrogen) atoms. The van der Waals surface area contributed by atoms with Crippen molar-refractivity contribution < 1.29 is 9.90 Å². The van der Waals surface area contributed by atoms with E-state index in [0.717, 1.165) is 30.9 Å². The smallest absolute Gasteiger partial charge is 0.304 e. The number of hydrogen-bond donors (Lipinski definition) is 1. The molecule has 0 amide bonds. The SMILES string of the molecule is O=C(O)CC1CSCCN1C1CCc2ccccc21. The largest absolute Gasteiger partial charge is 0.481 e. The van der Waals surface area contributed by atoms with Gasteiger partial charge < -0.3 is 5.11 Å². The first-order valence-corrected chi connectivity index (χ1v) is 8.04. The van der Waals surface area contributed by atoms with Gasteiger partial charge in [0.15, 0.2) is 0 Å². The quantitative estimate of drug-likeness (QED) is 0.922. The van der Waals surface area contributed by atoms with Crippen molar-refractivity contribution in [1.82, 2.24) is 4.90 Å². The van der Waals surface area contributed by atoms with Gasteiger partial charge in [0.05, 0.1) is 6.42 Å². The molecule has 1 fully saturated rings. The zero-order valence-electron chi connectivity index (χ0n) is 10.9. The van der Waals surface area contributed by atoms with Crippen LogP contribution < -0.4 is 0 Å². The Kier molecular flexibility index (Phi) is 3.80. The standard InChI is InChI=1S/C15H19NO2S/c17-15(18)9-12-10-19-8-7-16(12)14-6-5-11-3-1-2-4-13(11)14/h1-4,12,14H,5-10H2,(H,17,18). The number of aryl methyl sites for hydroxylation is 1. The Morgan fingerprint density at radius 2 is 2.26 bits per heavy atom. The Morgan fingerprint density at radius 3 is 3.11 bits per heavy atom. The van der Waals surface area contributed by atoms with Crippen LogP contribution in [-0.2, 0) is 11.2 Å². The number of carbonyl (C=O) groups is 1. The summed E-state index contributed by atoms with van der Waals surface area (Å²) in [5.41, 5.74) is 2.87. The minimum atomic E-state index is -0.677. The molecule has 1 aliphatic heterocycles. The molecule has 0 spiro atoms. The Hall–Kier alpha value is -1.00. The molecule has 1 aliphatic carbocycles. The van der Waals surface area contributed by atoms with Gasteiger partial charge in [-0.3, -0.25) is 9.69 Å². The molecule has 0 bridgehead atoms. The second-order valence-corrected chi connectivity index (χ2v) is 6.47. The predicted octanol–water partition coefficient (Wildman–Crippen LogP) is 2.57. The van der Waals surface area contributed by atoms with Gasteiger partial charge in [0, 0.05) is 30.1 Å². The highest BCUT2D eigenvalue weighted by Crippen LogP contribution is 2.38. The summed E-state index contributed by atoms with van der Waals surface area (Å²) >= 11 is 1.88. The molecule has 1 heterocycles. The first-order valence-electron chi connectivity index (χ1n) is 6.89. The van der Waals surface area contributed by atoms with E-state index < -0.39 is 5.97 Å². The van der Waals surface area contributed by atoms with Gasteiger partial charge >= 0.3 is 5.97 Å². The molecule has 4 heteroatoms. The van der Waals surface area contributed by atoms with Crippen molar-refractivity contribution in [1.29, 1.82) is 0 Å². The molecule has 102 valence electrons. The molecule has 1 saturated heterocycles. The number of fused-ring (bicyclic) bond motifs is 1. The molecule has 1 N–H and O–H groups in total. The normalized spacial score (nSPS) is 27.2. The molecule has 1 aromatic carbocycles. The third-order valence-corrected chi connectivity index (χ3v) is 5.28. The summed E-state index contributed by atoms with van der Waals surface area (Å²) in [6.07, 6.45) is 2.54. The van der Waals surface area contributed by atoms with Crippen molar-refractivity contribution in [3.63, 3.8) is 0 Å². The van der Waals surface area contributed by atoms with Gasteiger partial charge in [-0.2, -0.15) is 11.8 Å². The zero-order valence-corrected chi connectivity index (χ0v) is 11.7. The van der Waals surface area contributed by atoms with Gasteiger partial charge in [-0.05, 0) is 24.0 Å². The number of aliphatic carboxylic acids is 1. The van der Waals surface area contributed by atoms with Crippen LogP contribution >= 0.6 is 11.8 Å². The first-order chi connectivity index (χ1) is 9.25. The third-order valence-electron chi connectivity index (χ3n) is 4.18. The second kappa shape index (κ2) is 5.55. The molecular weight excluding hydrogens is 258 g/mol. The van der Waals surface area contributed by atoms with E-state index in [2.05, 4.69) is 29.2 Å². The van der Waals surface area contributed by atoms with Gasteiger partial charge in [-0.25, -0.2) is 0 Å². The Morgan fingerprint density at radius 1 is 1.42 bits per heavy atom. The van der Waals surface area contributed by atoms with Crippen LogP contribution in [0.2, 0.25) is 0 Å².